The number of rotatable bonds is 11. The van der Waals surface area contributed by atoms with Gasteiger partial charge >= 0.3 is 5.97 Å². The van der Waals surface area contributed by atoms with Gasteiger partial charge in [-0.15, -0.1) is 0 Å². The molecule has 1 saturated heterocycles. The highest BCUT2D eigenvalue weighted by molar-refractivity contribution is 5.98. The number of esters is 1. The third kappa shape index (κ3) is 5.39. The van der Waals surface area contributed by atoms with Gasteiger partial charge in [0, 0.05) is 18.7 Å². The number of hydrogen-bond donors (Lipinski definition) is 1. The van der Waals surface area contributed by atoms with Crippen molar-refractivity contribution in [3.63, 3.8) is 0 Å². The molecule has 1 aliphatic heterocycles. The summed E-state index contributed by atoms with van der Waals surface area (Å²) in [7, 11) is 0. The van der Waals surface area contributed by atoms with Crippen LogP contribution in [0.15, 0.2) is 49.1 Å². The van der Waals surface area contributed by atoms with Gasteiger partial charge in [-0.2, -0.15) is 5.10 Å². The molecule has 3 rings (SSSR count). The van der Waals surface area contributed by atoms with Crippen LogP contribution >= 0.6 is 0 Å². The second-order valence-electron chi connectivity index (χ2n) is 8.63. The van der Waals surface area contributed by atoms with E-state index in [9.17, 15) is 19.5 Å². The summed E-state index contributed by atoms with van der Waals surface area (Å²) in [5.41, 5.74) is 2.36. The van der Waals surface area contributed by atoms with Crippen molar-refractivity contribution < 1.29 is 24.2 Å². The highest BCUT2D eigenvalue weighted by Gasteiger charge is 2.53. The van der Waals surface area contributed by atoms with Crippen LogP contribution in [0.3, 0.4) is 0 Å². The number of Topliss-reactive ketones (excluding diaryl/α,β-unsaturated/α-hetero) is 1. The molecule has 0 saturated carbocycles. The minimum atomic E-state index is -1.75. The molecular weight excluding hydrogens is 422 g/mol. The molecule has 0 bridgehead atoms. The highest BCUT2D eigenvalue weighted by Crippen LogP contribution is 2.37. The van der Waals surface area contributed by atoms with E-state index >= 15 is 0 Å². The molecule has 1 aromatic carbocycles. The van der Waals surface area contributed by atoms with Gasteiger partial charge in [-0.05, 0) is 30.9 Å². The Kier molecular flexibility index (Phi) is 7.81. The van der Waals surface area contributed by atoms with Crippen LogP contribution in [-0.4, -0.2) is 56.3 Å². The van der Waals surface area contributed by atoms with Gasteiger partial charge < -0.3 is 14.7 Å². The Morgan fingerprint density at radius 2 is 1.97 bits per heavy atom. The number of aliphatic hydroxyl groups is 1. The van der Waals surface area contributed by atoms with Crippen molar-refractivity contribution >= 4 is 17.7 Å². The number of carbonyl (C=O) groups excluding carboxylic acids is 3. The Hall–Kier alpha value is -3.26. The smallest absolute Gasteiger partial charge is 0.356 e. The molecule has 3 atom stereocenters. The number of amides is 1. The van der Waals surface area contributed by atoms with E-state index in [1.807, 2.05) is 51.1 Å². The van der Waals surface area contributed by atoms with E-state index in [2.05, 4.69) is 11.7 Å². The van der Waals surface area contributed by atoms with Crippen LogP contribution in [0.4, 0.5) is 0 Å². The average Bonchev–Trinajstić information content (AvgIpc) is 3.16. The Bertz CT molecular complexity index is 1010. The maximum atomic E-state index is 13.0. The Morgan fingerprint density at radius 3 is 2.61 bits per heavy atom. The predicted octanol–water partition coefficient (Wildman–Crippen LogP) is 2.54. The van der Waals surface area contributed by atoms with Crippen molar-refractivity contribution in [2.24, 2.45) is 11.8 Å². The average molecular weight is 454 g/mol. The first-order valence-corrected chi connectivity index (χ1v) is 11.1. The normalized spacial score (nSPS) is 18.7. The summed E-state index contributed by atoms with van der Waals surface area (Å²) < 4.78 is 6.67. The zero-order chi connectivity index (χ0) is 24.1. The maximum absolute atomic E-state index is 13.0. The van der Waals surface area contributed by atoms with E-state index in [1.54, 1.807) is 10.7 Å². The molecule has 176 valence electrons. The molecular formula is C25H31N3O5. The lowest BCUT2D eigenvalue weighted by atomic mass is 9.76. The van der Waals surface area contributed by atoms with Crippen LogP contribution in [0.25, 0.3) is 0 Å². The van der Waals surface area contributed by atoms with Crippen molar-refractivity contribution in [3.05, 3.63) is 66.0 Å². The molecule has 3 unspecified atom stereocenters. The lowest BCUT2D eigenvalue weighted by Gasteiger charge is -2.50. The monoisotopic (exact) mass is 453 g/mol. The molecule has 1 fully saturated rings. The van der Waals surface area contributed by atoms with E-state index < -0.39 is 24.2 Å². The number of nitrogens with zero attached hydrogens (tertiary/aromatic N) is 3. The van der Waals surface area contributed by atoms with E-state index in [4.69, 9.17) is 4.74 Å². The van der Waals surface area contributed by atoms with Crippen molar-refractivity contribution in [1.82, 2.24) is 14.7 Å². The molecule has 1 N–H and O–H groups in total. The van der Waals surface area contributed by atoms with Gasteiger partial charge in [0.15, 0.2) is 5.78 Å². The van der Waals surface area contributed by atoms with Gasteiger partial charge in [-0.25, -0.2) is 4.79 Å². The fourth-order valence-corrected chi connectivity index (χ4v) is 4.22. The van der Waals surface area contributed by atoms with E-state index in [-0.39, 0.29) is 30.6 Å². The lowest BCUT2D eigenvalue weighted by molar-refractivity contribution is -0.193. The Balaban J connectivity index is 1.70. The van der Waals surface area contributed by atoms with Crippen LogP contribution < -0.4 is 0 Å². The quantitative estimate of drug-likeness (QED) is 0.243. The zero-order valence-corrected chi connectivity index (χ0v) is 19.3. The first kappa shape index (κ1) is 24.4. The largest absolute Gasteiger partial charge is 0.458 e. The number of ketones is 1. The van der Waals surface area contributed by atoms with E-state index in [1.165, 1.54) is 11.6 Å². The number of aryl methyl sites for hydroxylation is 3. The second-order valence-corrected chi connectivity index (χ2v) is 8.63. The first-order chi connectivity index (χ1) is 15.7. The fraction of sp³-hybridized carbons (Fsp3) is 0.440. The number of likely N-dealkylation sites (tertiary alicyclic amines) is 1. The van der Waals surface area contributed by atoms with Gasteiger partial charge in [0.05, 0.1) is 12.0 Å². The van der Waals surface area contributed by atoms with Gasteiger partial charge in [0.1, 0.15) is 12.3 Å². The van der Waals surface area contributed by atoms with Crippen molar-refractivity contribution in [3.8, 4) is 0 Å². The topological polar surface area (TPSA) is 102 Å². The van der Waals surface area contributed by atoms with E-state index in [0.29, 0.717) is 12.2 Å². The van der Waals surface area contributed by atoms with Crippen LogP contribution in [-0.2, 0) is 27.3 Å². The molecule has 2 aromatic rings. The van der Waals surface area contributed by atoms with Gasteiger partial charge in [0.2, 0.25) is 12.1 Å². The third-order valence-electron chi connectivity index (χ3n) is 5.96. The predicted molar refractivity (Wildman–Crippen MR) is 122 cm³/mol. The summed E-state index contributed by atoms with van der Waals surface area (Å²) in [4.78, 5) is 38.8. The number of ether oxygens (including phenoxy) is 1. The van der Waals surface area contributed by atoms with Crippen LogP contribution in [0, 0.1) is 18.8 Å². The number of aromatic nitrogens is 2. The molecule has 1 aliphatic rings. The van der Waals surface area contributed by atoms with Crippen molar-refractivity contribution in [1.29, 1.82) is 0 Å². The minimum absolute atomic E-state index is 0.0322. The first-order valence-electron chi connectivity index (χ1n) is 11.1. The van der Waals surface area contributed by atoms with Crippen molar-refractivity contribution in [2.45, 2.75) is 52.4 Å². The van der Waals surface area contributed by atoms with Crippen LogP contribution in [0.5, 0.6) is 0 Å². The van der Waals surface area contributed by atoms with Crippen LogP contribution in [0.2, 0.25) is 0 Å². The molecule has 1 amide bonds. The molecule has 0 radical (unpaired) electrons. The summed E-state index contributed by atoms with van der Waals surface area (Å²) in [5, 5.41) is 14.8. The van der Waals surface area contributed by atoms with Gasteiger partial charge in [-0.1, -0.05) is 56.8 Å². The minimum Gasteiger partial charge on any atom is -0.458 e. The lowest BCUT2D eigenvalue weighted by Crippen LogP contribution is -2.68. The maximum Gasteiger partial charge on any atom is 0.356 e. The molecule has 2 heterocycles. The zero-order valence-electron chi connectivity index (χ0n) is 19.3. The van der Waals surface area contributed by atoms with Gasteiger partial charge in [0.25, 0.3) is 0 Å². The number of carbonyl (C=O) groups is 3. The Morgan fingerprint density at radius 1 is 1.27 bits per heavy atom. The second kappa shape index (κ2) is 10.6. The molecule has 0 aliphatic carbocycles. The number of hydrogen-bond acceptors (Lipinski definition) is 6. The molecule has 1 aromatic heterocycles. The highest BCUT2D eigenvalue weighted by atomic mass is 16.5. The summed E-state index contributed by atoms with van der Waals surface area (Å²) in [6, 6.07) is 11.2. The SMILES string of the molecule is C=CCOC(=O)C(O)N1C(=O)C(C(C)C)C1CC(=O)c1cc(C)n(CCc2ccccc2)n1. The molecule has 0 spiro atoms. The summed E-state index contributed by atoms with van der Waals surface area (Å²) in [6.07, 6.45) is 0.374. The number of β-lactam (4-membered cyclic amide) rings is 1. The molecule has 8 nitrogen and oxygen atoms in total. The number of benzene rings is 1. The third-order valence-corrected chi connectivity index (χ3v) is 5.96. The van der Waals surface area contributed by atoms with Crippen molar-refractivity contribution in [2.75, 3.05) is 6.61 Å². The standard InChI is InChI=1S/C25H31N3O5/c1-5-13-33-25(32)24(31)28-20(22(16(2)3)23(28)30)15-21(29)19-14-17(4)27(26-19)12-11-18-9-7-6-8-10-18/h5-10,14,16,20,22,24,31H,1,11-13,15H2,2-4H3. The fourth-order valence-electron chi connectivity index (χ4n) is 4.22. The van der Waals surface area contributed by atoms with Gasteiger partial charge in [-0.3, -0.25) is 14.3 Å². The van der Waals surface area contributed by atoms with E-state index in [0.717, 1.165) is 17.0 Å². The summed E-state index contributed by atoms with van der Waals surface area (Å²) in [5.74, 6) is -2.05. The molecule has 33 heavy (non-hydrogen) atoms. The summed E-state index contributed by atoms with van der Waals surface area (Å²) >= 11 is 0. The molecule has 8 heteroatoms. The number of aliphatic hydroxyl groups excluding tert-OH is 1. The summed E-state index contributed by atoms with van der Waals surface area (Å²) in [6.45, 7) is 9.67. The van der Waals surface area contributed by atoms with Crippen LogP contribution in [0.1, 0.15) is 42.0 Å². The Labute approximate surface area is 193 Å².